The maximum Gasteiger partial charge on any atom is 0.157 e. The summed E-state index contributed by atoms with van der Waals surface area (Å²) in [6.45, 7) is 6.00. The monoisotopic (exact) mass is 282 g/mol. The molecule has 0 aliphatic rings. The molecule has 0 amide bonds. The van der Waals surface area contributed by atoms with Crippen LogP contribution in [0.4, 0.5) is 5.82 Å². The van der Waals surface area contributed by atoms with Crippen LogP contribution in [0.5, 0.6) is 5.75 Å². The highest BCUT2D eigenvalue weighted by Crippen LogP contribution is 2.22. The number of nitrogens with one attached hydrogen (secondary N) is 1. The van der Waals surface area contributed by atoms with E-state index in [0.717, 1.165) is 28.4 Å². The Morgan fingerprint density at radius 2 is 1.81 bits per heavy atom. The Labute approximate surface area is 123 Å². The van der Waals surface area contributed by atoms with Gasteiger partial charge in [-0.3, -0.25) is 0 Å². The van der Waals surface area contributed by atoms with Gasteiger partial charge in [-0.1, -0.05) is 12.1 Å². The van der Waals surface area contributed by atoms with E-state index in [1.807, 2.05) is 42.6 Å². The summed E-state index contributed by atoms with van der Waals surface area (Å²) in [5, 5.41) is 17.3. The molecule has 0 radical (unpaired) electrons. The highest BCUT2D eigenvalue weighted by atomic mass is 16.3. The van der Waals surface area contributed by atoms with Crippen LogP contribution in [0.2, 0.25) is 0 Å². The van der Waals surface area contributed by atoms with Crippen molar-refractivity contribution in [2.75, 3.05) is 5.32 Å². The smallest absolute Gasteiger partial charge is 0.157 e. The van der Waals surface area contributed by atoms with Crippen LogP contribution in [0.3, 0.4) is 0 Å². The lowest BCUT2D eigenvalue weighted by Gasteiger charge is -2.17. The molecule has 0 saturated carbocycles. The molecule has 2 aromatic heterocycles. The number of aromatic nitrogens is 3. The van der Waals surface area contributed by atoms with Gasteiger partial charge in [-0.2, -0.15) is 9.61 Å². The second-order valence-corrected chi connectivity index (χ2v) is 5.30. The summed E-state index contributed by atoms with van der Waals surface area (Å²) in [4.78, 5) is 4.48. The van der Waals surface area contributed by atoms with Crippen molar-refractivity contribution in [3.8, 4) is 5.75 Å². The normalized spacial score (nSPS) is 12.5. The molecule has 0 fully saturated rings. The fourth-order valence-corrected chi connectivity index (χ4v) is 2.39. The van der Waals surface area contributed by atoms with Gasteiger partial charge in [0.25, 0.3) is 0 Å². The van der Waals surface area contributed by atoms with Crippen LogP contribution in [0, 0.1) is 13.8 Å². The van der Waals surface area contributed by atoms with Crippen molar-refractivity contribution in [2.24, 2.45) is 0 Å². The van der Waals surface area contributed by atoms with Crippen LogP contribution < -0.4 is 5.32 Å². The zero-order chi connectivity index (χ0) is 15.0. The Hall–Kier alpha value is -2.56. The molecular formula is C16H18N4O. The fraction of sp³-hybridized carbons (Fsp3) is 0.250. The van der Waals surface area contributed by atoms with E-state index < -0.39 is 0 Å². The van der Waals surface area contributed by atoms with Crippen LogP contribution in [-0.2, 0) is 0 Å². The van der Waals surface area contributed by atoms with Gasteiger partial charge in [0.05, 0.1) is 5.69 Å². The summed E-state index contributed by atoms with van der Waals surface area (Å²) in [6.07, 6.45) is 0. The van der Waals surface area contributed by atoms with Gasteiger partial charge in [0, 0.05) is 23.9 Å². The first-order chi connectivity index (χ1) is 10.0. The lowest BCUT2D eigenvalue weighted by molar-refractivity contribution is 0.475. The van der Waals surface area contributed by atoms with Gasteiger partial charge in [-0.05, 0) is 38.5 Å². The largest absolute Gasteiger partial charge is 0.508 e. The number of fused-ring (bicyclic) bond motifs is 1. The molecule has 0 saturated heterocycles. The Balaban J connectivity index is 1.95. The molecule has 2 N–H and O–H groups in total. The number of aryl methyl sites for hydroxylation is 2. The molecule has 2 heterocycles. The van der Waals surface area contributed by atoms with E-state index in [2.05, 4.69) is 22.3 Å². The number of hydrogen-bond acceptors (Lipinski definition) is 4. The quantitative estimate of drug-likeness (QED) is 0.774. The minimum Gasteiger partial charge on any atom is -0.508 e. The molecule has 0 spiro atoms. The molecule has 5 heteroatoms. The number of phenolic OH excluding ortho intramolecular Hbond substituents is 1. The number of benzene rings is 1. The van der Waals surface area contributed by atoms with Crippen molar-refractivity contribution in [1.29, 1.82) is 0 Å². The van der Waals surface area contributed by atoms with E-state index >= 15 is 0 Å². The van der Waals surface area contributed by atoms with Crippen molar-refractivity contribution < 1.29 is 5.11 Å². The SMILES string of the molecule is Cc1cc(NC(C)c2ccc(O)cc2)n2nc(C)cc2n1. The summed E-state index contributed by atoms with van der Waals surface area (Å²) in [5.74, 6) is 1.18. The van der Waals surface area contributed by atoms with Crippen molar-refractivity contribution in [1.82, 2.24) is 14.6 Å². The van der Waals surface area contributed by atoms with E-state index in [-0.39, 0.29) is 11.8 Å². The number of phenols is 1. The van der Waals surface area contributed by atoms with Crippen molar-refractivity contribution >= 4 is 11.5 Å². The summed E-state index contributed by atoms with van der Waals surface area (Å²) in [5.41, 5.74) is 3.82. The average Bonchev–Trinajstić information content (AvgIpc) is 2.79. The summed E-state index contributed by atoms with van der Waals surface area (Å²) in [7, 11) is 0. The predicted octanol–water partition coefficient (Wildman–Crippen LogP) is 3.22. The Morgan fingerprint density at radius 1 is 1.10 bits per heavy atom. The van der Waals surface area contributed by atoms with Crippen molar-refractivity contribution in [3.63, 3.8) is 0 Å². The summed E-state index contributed by atoms with van der Waals surface area (Å²) in [6, 6.07) is 11.2. The second kappa shape index (κ2) is 5.09. The molecule has 1 atom stereocenters. The zero-order valence-electron chi connectivity index (χ0n) is 12.3. The molecule has 0 aliphatic carbocycles. The first-order valence-electron chi connectivity index (χ1n) is 6.92. The molecule has 0 aliphatic heterocycles. The molecule has 3 rings (SSSR count). The van der Waals surface area contributed by atoms with E-state index in [0.29, 0.717) is 0 Å². The molecule has 21 heavy (non-hydrogen) atoms. The molecule has 3 aromatic rings. The van der Waals surface area contributed by atoms with Crippen LogP contribution >= 0.6 is 0 Å². The maximum absolute atomic E-state index is 9.37. The average molecular weight is 282 g/mol. The number of nitrogens with zero attached hydrogens (tertiary/aromatic N) is 3. The van der Waals surface area contributed by atoms with Gasteiger partial charge in [0.15, 0.2) is 5.65 Å². The maximum atomic E-state index is 9.37. The highest BCUT2D eigenvalue weighted by Gasteiger charge is 2.10. The minimum absolute atomic E-state index is 0.0973. The van der Waals surface area contributed by atoms with Crippen LogP contribution in [0.1, 0.15) is 29.9 Å². The molecular weight excluding hydrogens is 264 g/mol. The number of anilines is 1. The fourth-order valence-electron chi connectivity index (χ4n) is 2.39. The molecule has 108 valence electrons. The molecule has 1 aromatic carbocycles. The van der Waals surface area contributed by atoms with E-state index in [4.69, 9.17) is 0 Å². The first-order valence-corrected chi connectivity index (χ1v) is 6.92. The Kier molecular flexibility index (Phi) is 3.25. The van der Waals surface area contributed by atoms with Gasteiger partial charge in [-0.15, -0.1) is 0 Å². The van der Waals surface area contributed by atoms with Crippen LogP contribution in [0.15, 0.2) is 36.4 Å². The number of aromatic hydroxyl groups is 1. The van der Waals surface area contributed by atoms with Crippen molar-refractivity contribution in [2.45, 2.75) is 26.8 Å². The van der Waals surface area contributed by atoms with Crippen LogP contribution in [0.25, 0.3) is 5.65 Å². The highest BCUT2D eigenvalue weighted by molar-refractivity contribution is 5.51. The molecule has 1 unspecified atom stereocenters. The van der Waals surface area contributed by atoms with Gasteiger partial charge in [0.2, 0.25) is 0 Å². The Morgan fingerprint density at radius 3 is 2.52 bits per heavy atom. The lowest BCUT2D eigenvalue weighted by Crippen LogP contribution is -2.11. The second-order valence-electron chi connectivity index (χ2n) is 5.30. The minimum atomic E-state index is 0.0973. The number of hydrogen-bond donors (Lipinski definition) is 2. The van der Waals surface area contributed by atoms with Crippen molar-refractivity contribution in [3.05, 3.63) is 53.3 Å². The van der Waals surface area contributed by atoms with Gasteiger partial charge >= 0.3 is 0 Å². The number of rotatable bonds is 3. The molecule has 0 bridgehead atoms. The topological polar surface area (TPSA) is 62.5 Å². The predicted molar refractivity (Wildman–Crippen MR) is 82.6 cm³/mol. The van der Waals surface area contributed by atoms with Crippen LogP contribution in [-0.4, -0.2) is 19.7 Å². The van der Waals surface area contributed by atoms with Gasteiger partial charge < -0.3 is 10.4 Å². The third kappa shape index (κ3) is 2.67. The zero-order valence-corrected chi connectivity index (χ0v) is 12.3. The molecule has 5 nitrogen and oxygen atoms in total. The third-order valence-electron chi connectivity index (χ3n) is 3.43. The summed E-state index contributed by atoms with van der Waals surface area (Å²) >= 11 is 0. The first kappa shape index (κ1) is 13.4. The lowest BCUT2D eigenvalue weighted by atomic mass is 10.1. The van der Waals surface area contributed by atoms with Gasteiger partial charge in [0.1, 0.15) is 11.6 Å². The summed E-state index contributed by atoms with van der Waals surface area (Å²) < 4.78 is 1.82. The third-order valence-corrected chi connectivity index (χ3v) is 3.43. The van der Waals surface area contributed by atoms with Gasteiger partial charge in [-0.25, -0.2) is 4.98 Å². The van der Waals surface area contributed by atoms with E-state index in [1.165, 1.54) is 0 Å². The standard InChI is InChI=1S/C16H18N4O/c1-10-8-16(20-15(17-10)9-11(2)19-20)18-12(3)13-4-6-14(21)7-5-13/h4-9,12,18,21H,1-3H3. The van der Waals surface area contributed by atoms with E-state index in [1.54, 1.807) is 12.1 Å². The van der Waals surface area contributed by atoms with E-state index in [9.17, 15) is 5.11 Å². The Bertz CT molecular complexity index is 777.